The van der Waals surface area contributed by atoms with Gasteiger partial charge in [-0.2, -0.15) is 0 Å². The van der Waals surface area contributed by atoms with Crippen molar-refractivity contribution in [1.82, 2.24) is 4.90 Å². The highest BCUT2D eigenvalue weighted by Gasteiger charge is 2.20. The predicted octanol–water partition coefficient (Wildman–Crippen LogP) is 1.67. The number of carboxylic acids is 1. The molecule has 1 aromatic heterocycles. The first-order valence-corrected chi connectivity index (χ1v) is 6.08. The Morgan fingerprint density at radius 1 is 1.69 bits per heavy atom. The lowest BCUT2D eigenvalue weighted by Gasteiger charge is -2.21. The van der Waals surface area contributed by atoms with E-state index in [4.69, 9.17) is 9.84 Å². The van der Waals surface area contributed by atoms with Gasteiger partial charge >= 0.3 is 5.97 Å². The van der Waals surface area contributed by atoms with Crippen LogP contribution in [0.2, 0.25) is 0 Å². The van der Waals surface area contributed by atoms with Gasteiger partial charge in [0, 0.05) is 24.1 Å². The molecule has 16 heavy (non-hydrogen) atoms. The van der Waals surface area contributed by atoms with Crippen LogP contribution in [0.1, 0.15) is 21.0 Å². The topological polar surface area (TPSA) is 49.8 Å². The molecule has 0 amide bonds. The molecule has 1 atom stereocenters. The van der Waals surface area contributed by atoms with E-state index in [1.165, 1.54) is 11.3 Å². The molecular weight excluding hydrogens is 226 g/mol. The number of aromatic carboxylic acids is 1. The Balaban J connectivity index is 1.94. The van der Waals surface area contributed by atoms with E-state index in [-0.39, 0.29) is 0 Å². The summed E-state index contributed by atoms with van der Waals surface area (Å²) in [5.41, 5.74) is 0. The van der Waals surface area contributed by atoms with Crippen LogP contribution in [0.15, 0.2) is 12.1 Å². The summed E-state index contributed by atoms with van der Waals surface area (Å²) in [6, 6.07) is 4.03. The maximum atomic E-state index is 10.7. The van der Waals surface area contributed by atoms with Crippen LogP contribution in [-0.2, 0) is 11.3 Å². The minimum absolute atomic E-state index is 0.408. The molecule has 1 N–H and O–H groups in total. The molecule has 1 aromatic rings. The van der Waals surface area contributed by atoms with Crippen molar-refractivity contribution in [3.8, 4) is 0 Å². The average Bonchev–Trinajstić information content (AvgIpc) is 2.87. The molecule has 2 rings (SSSR count). The highest BCUT2D eigenvalue weighted by molar-refractivity contribution is 7.13. The Bertz CT molecular complexity index is 371. The van der Waals surface area contributed by atoms with Crippen LogP contribution in [0.25, 0.3) is 0 Å². The van der Waals surface area contributed by atoms with Gasteiger partial charge in [-0.3, -0.25) is 4.90 Å². The lowest BCUT2D eigenvalue weighted by Crippen LogP contribution is -2.30. The molecule has 1 aliphatic heterocycles. The standard InChI is InChI=1S/C11H15NO3S/c1-12(8-4-5-15-7-8)6-9-2-3-10(16-9)11(13)14/h2-3,8H,4-7H2,1H3,(H,13,14). The van der Waals surface area contributed by atoms with Gasteiger partial charge in [-0.25, -0.2) is 4.79 Å². The van der Waals surface area contributed by atoms with E-state index in [0.29, 0.717) is 10.9 Å². The largest absolute Gasteiger partial charge is 0.477 e. The maximum Gasteiger partial charge on any atom is 0.345 e. The third-order valence-corrected chi connectivity index (χ3v) is 3.86. The lowest BCUT2D eigenvalue weighted by molar-refractivity contribution is 0.0702. The molecule has 1 fully saturated rings. The van der Waals surface area contributed by atoms with E-state index in [1.807, 2.05) is 6.07 Å². The number of nitrogens with zero attached hydrogens (tertiary/aromatic N) is 1. The Morgan fingerprint density at radius 3 is 3.06 bits per heavy atom. The number of carbonyl (C=O) groups is 1. The fourth-order valence-electron chi connectivity index (χ4n) is 1.82. The lowest BCUT2D eigenvalue weighted by atomic mass is 10.2. The Hall–Kier alpha value is -0.910. The summed E-state index contributed by atoms with van der Waals surface area (Å²) in [7, 11) is 2.06. The molecule has 1 saturated heterocycles. The highest BCUT2D eigenvalue weighted by atomic mass is 32.1. The van der Waals surface area contributed by atoms with Crippen LogP contribution in [0, 0.1) is 0 Å². The van der Waals surface area contributed by atoms with Crippen LogP contribution in [0.3, 0.4) is 0 Å². The van der Waals surface area contributed by atoms with Crippen molar-refractivity contribution in [1.29, 1.82) is 0 Å². The SMILES string of the molecule is CN(Cc1ccc(C(=O)O)s1)C1CCOC1. The van der Waals surface area contributed by atoms with Crippen molar-refractivity contribution in [2.45, 2.75) is 19.0 Å². The fourth-order valence-corrected chi connectivity index (χ4v) is 2.73. The molecule has 2 heterocycles. The van der Waals surface area contributed by atoms with Gasteiger partial charge in [0.15, 0.2) is 0 Å². The van der Waals surface area contributed by atoms with Crippen molar-refractivity contribution in [3.63, 3.8) is 0 Å². The van der Waals surface area contributed by atoms with Crippen molar-refractivity contribution in [2.75, 3.05) is 20.3 Å². The summed E-state index contributed by atoms with van der Waals surface area (Å²) < 4.78 is 5.33. The molecule has 88 valence electrons. The molecule has 0 aromatic carbocycles. The minimum Gasteiger partial charge on any atom is -0.477 e. The van der Waals surface area contributed by atoms with Gasteiger partial charge in [-0.05, 0) is 25.6 Å². The first-order chi connectivity index (χ1) is 7.66. The number of hydrogen-bond acceptors (Lipinski definition) is 4. The van der Waals surface area contributed by atoms with E-state index in [0.717, 1.165) is 31.1 Å². The zero-order chi connectivity index (χ0) is 11.5. The zero-order valence-corrected chi connectivity index (χ0v) is 10.00. The predicted molar refractivity (Wildman–Crippen MR) is 62.0 cm³/mol. The zero-order valence-electron chi connectivity index (χ0n) is 9.18. The van der Waals surface area contributed by atoms with Gasteiger partial charge < -0.3 is 9.84 Å². The van der Waals surface area contributed by atoms with Crippen molar-refractivity contribution in [2.24, 2.45) is 0 Å². The first kappa shape index (κ1) is 11.6. The number of hydrogen-bond donors (Lipinski definition) is 1. The highest BCUT2D eigenvalue weighted by Crippen LogP contribution is 2.20. The molecule has 1 unspecified atom stereocenters. The molecule has 5 heteroatoms. The number of thiophene rings is 1. The smallest absolute Gasteiger partial charge is 0.345 e. The Labute approximate surface area is 98.4 Å². The van der Waals surface area contributed by atoms with E-state index in [2.05, 4.69) is 11.9 Å². The van der Waals surface area contributed by atoms with Gasteiger partial charge in [0.05, 0.1) is 6.61 Å². The van der Waals surface area contributed by atoms with Crippen LogP contribution >= 0.6 is 11.3 Å². The average molecular weight is 241 g/mol. The second-order valence-corrected chi connectivity index (χ2v) is 5.17. The first-order valence-electron chi connectivity index (χ1n) is 5.27. The molecule has 4 nitrogen and oxygen atoms in total. The Morgan fingerprint density at radius 2 is 2.50 bits per heavy atom. The molecule has 1 aliphatic rings. The van der Waals surface area contributed by atoms with Crippen LogP contribution in [0.5, 0.6) is 0 Å². The third-order valence-electron chi connectivity index (χ3n) is 2.81. The normalized spacial score (nSPS) is 20.5. The number of carboxylic acid groups (broad SMARTS) is 1. The van der Waals surface area contributed by atoms with Gasteiger partial charge in [-0.15, -0.1) is 11.3 Å². The summed E-state index contributed by atoms with van der Waals surface area (Å²) in [6.45, 7) is 2.42. The van der Waals surface area contributed by atoms with E-state index in [9.17, 15) is 4.79 Å². The summed E-state index contributed by atoms with van der Waals surface area (Å²) >= 11 is 1.35. The summed E-state index contributed by atoms with van der Waals surface area (Å²) in [5.74, 6) is -0.844. The summed E-state index contributed by atoms with van der Waals surface area (Å²) in [4.78, 5) is 14.5. The molecular formula is C11H15NO3S. The Kier molecular flexibility index (Phi) is 3.58. The van der Waals surface area contributed by atoms with Gasteiger partial charge in [0.25, 0.3) is 0 Å². The number of ether oxygens (including phenoxy) is 1. The monoisotopic (exact) mass is 241 g/mol. The van der Waals surface area contributed by atoms with Crippen LogP contribution in [0.4, 0.5) is 0 Å². The maximum absolute atomic E-state index is 10.7. The molecule has 0 saturated carbocycles. The second kappa shape index (κ2) is 4.95. The van der Waals surface area contributed by atoms with Gasteiger partial charge in [0.1, 0.15) is 4.88 Å². The van der Waals surface area contributed by atoms with Crippen molar-refractivity contribution < 1.29 is 14.6 Å². The molecule has 0 aliphatic carbocycles. The minimum atomic E-state index is -0.844. The number of likely N-dealkylation sites (N-methyl/N-ethyl adjacent to an activating group) is 1. The van der Waals surface area contributed by atoms with Crippen molar-refractivity contribution in [3.05, 3.63) is 21.9 Å². The molecule has 0 bridgehead atoms. The molecule has 0 spiro atoms. The third kappa shape index (κ3) is 2.61. The van der Waals surface area contributed by atoms with Crippen molar-refractivity contribution >= 4 is 17.3 Å². The van der Waals surface area contributed by atoms with E-state index in [1.54, 1.807) is 6.07 Å². The van der Waals surface area contributed by atoms with Gasteiger partial charge in [0.2, 0.25) is 0 Å². The quantitative estimate of drug-likeness (QED) is 0.871. The summed E-state index contributed by atoms with van der Waals surface area (Å²) in [6.07, 6.45) is 1.06. The molecule has 0 radical (unpaired) electrons. The second-order valence-electron chi connectivity index (χ2n) is 4.00. The van der Waals surface area contributed by atoms with Crippen LogP contribution < -0.4 is 0 Å². The van der Waals surface area contributed by atoms with E-state index >= 15 is 0 Å². The van der Waals surface area contributed by atoms with E-state index < -0.39 is 5.97 Å². The summed E-state index contributed by atoms with van der Waals surface area (Å²) in [5, 5.41) is 8.82. The number of rotatable bonds is 4. The van der Waals surface area contributed by atoms with Gasteiger partial charge in [-0.1, -0.05) is 0 Å². The fraction of sp³-hybridized carbons (Fsp3) is 0.545. The van der Waals surface area contributed by atoms with Crippen LogP contribution in [-0.4, -0.2) is 42.3 Å².